The fourth-order valence-corrected chi connectivity index (χ4v) is 13.3. The SMILES string of the molecule is C/C1=C/[C@@H]2O[C@@H]3[C@@H](C)[C@H](O[Si](C)(C)C(C)(C)C)[C@@H]4O[C@]5(CCCO5)[C@@H](C)[C@H](C)[C@H]4O[C@H]3C[C@H]2O[C@H]2C[C@@H](OCc3ccccc3)[C@](C)([C@@H](CCOCc3ccccc3)OCc3ccccc3)O[C@@H]2C1. The molecule has 0 unspecified atom stereocenters. The van der Waals surface area contributed by atoms with Gasteiger partial charge in [0.05, 0.1) is 81.4 Å². The van der Waals surface area contributed by atoms with E-state index in [0.717, 1.165) is 29.5 Å². The van der Waals surface area contributed by atoms with Crippen molar-refractivity contribution < 1.29 is 47.1 Å². The largest absolute Gasteiger partial charge is 0.411 e. The minimum atomic E-state index is -2.27. The molecule has 1 spiro atoms. The Bertz CT molecular complexity index is 2130. The zero-order chi connectivity index (χ0) is 48.6. The Balaban J connectivity index is 1.00. The van der Waals surface area contributed by atoms with E-state index in [2.05, 4.69) is 135 Å². The predicted molar refractivity (Wildman–Crippen MR) is 270 cm³/mol. The van der Waals surface area contributed by atoms with Crippen molar-refractivity contribution in [1.29, 1.82) is 0 Å². The van der Waals surface area contributed by atoms with Gasteiger partial charge in [-0.3, -0.25) is 0 Å². The molecule has 0 aromatic heterocycles. The van der Waals surface area contributed by atoms with Gasteiger partial charge < -0.3 is 47.1 Å². The van der Waals surface area contributed by atoms with Crippen LogP contribution in [-0.4, -0.2) is 100 Å². The van der Waals surface area contributed by atoms with E-state index in [0.29, 0.717) is 58.7 Å². The van der Waals surface area contributed by atoms with E-state index in [1.807, 2.05) is 30.3 Å². The molecule has 0 N–H and O–H groups in total. The summed E-state index contributed by atoms with van der Waals surface area (Å²) in [5.41, 5.74) is 3.74. The molecule has 0 saturated carbocycles. The molecule has 6 aliphatic rings. The number of ether oxygens (including phenoxy) is 9. The molecule has 3 aromatic rings. The third-order valence-electron chi connectivity index (χ3n) is 17.2. The van der Waals surface area contributed by atoms with Crippen LogP contribution in [0, 0.1) is 17.8 Å². The number of rotatable bonds is 14. The van der Waals surface area contributed by atoms with Crippen molar-refractivity contribution in [3.63, 3.8) is 0 Å². The van der Waals surface area contributed by atoms with Crippen molar-refractivity contribution in [3.8, 4) is 0 Å². The smallest absolute Gasteiger partial charge is 0.192 e. The molecule has 69 heavy (non-hydrogen) atoms. The highest BCUT2D eigenvalue weighted by molar-refractivity contribution is 6.74. The monoisotopic (exact) mass is 967 g/mol. The van der Waals surface area contributed by atoms with Gasteiger partial charge in [-0.15, -0.1) is 0 Å². The van der Waals surface area contributed by atoms with E-state index >= 15 is 0 Å². The Hall–Kier alpha value is -2.78. The highest BCUT2D eigenvalue weighted by Gasteiger charge is 2.62. The van der Waals surface area contributed by atoms with Gasteiger partial charge in [0, 0.05) is 37.7 Å². The van der Waals surface area contributed by atoms with E-state index in [1.165, 1.54) is 5.57 Å². The fourth-order valence-electron chi connectivity index (χ4n) is 11.9. The summed E-state index contributed by atoms with van der Waals surface area (Å²) in [5.74, 6) is -0.314. The molecule has 5 saturated heterocycles. The lowest BCUT2D eigenvalue weighted by Gasteiger charge is -2.53. The first-order chi connectivity index (χ1) is 33.0. The lowest BCUT2D eigenvalue weighted by atomic mass is 9.76. The molecule has 3 aromatic carbocycles. The van der Waals surface area contributed by atoms with Gasteiger partial charge in [0.15, 0.2) is 14.1 Å². The van der Waals surface area contributed by atoms with Crippen molar-refractivity contribution >= 4 is 8.32 Å². The number of hydrogen-bond acceptors (Lipinski definition) is 10. The van der Waals surface area contributed by atoms with Crippen LogP contribution in [0.2, 0.25) is 18.1 Å². The number of hydrogen-bond donors (Lipinski definition) is 0. The summed E-state index contributed by atoms with van der Waals surface area (Å²) in [4.78, 5) is 0. The topological polar surface area (TPSA) is 92.3 Å². The Morgan fingerprint density at radius 2 is 1.36 bits per heavy atom. The molecule has 378 valence electrons. The minimum absolute atomic E-state index is 0.00925. The van der Waals surface area contributed by atoms with Crippen LogP contribution in [0.4, 0.5) is 0 Å². The van der Waals surface area contributed by atoms with Gasteiger partial charge in [0.25, 0.3) is 0 Å². The summed E-state index contributed by atoms with van der Waals surface area (Å²) in [5, 5.41) is 0.0111. The van der Waals surface area contributed by atoms with Crippen LogP contribution in [0.1, 0.15) is 111 Å². The van der Waals surface area contributed by atoms with Crippen molar-refractivity contribution in [2.45, 2.75) is 210 Å². The Kier molecular flexibility index (Phi) is 15.8. The third-order valence-corrected chi connectivity index (χ3v) is 21.7. The van der Waals surface area contributed by atoms with Gasteiger partial charge >= 0.3 is 0 Å². The maximum Gasteiger partial charge on any atom is 0.192 e. The van der Waals surface area contributed by atoms with Crippen LogP contribution in [-0.2, 0) is 66.9 Å². The standard InChI is InChI=1S/C58H82O10Si/c1-38-31-45-46(33-49-52(64-45)40(3)54(68-69(9,10)56(5,6)7)55-53(65-49)39(2)41(4)58(67-55)28-20-29-62-58)63-47-34-51(61-37-44-25-18-13-19-26-44)57(8,66-48(47)32-38)50(60-36-43-23-16-12-17-24-43)27-30-59-35-42-21-14-11-15-22-42/h11-19,21-26,31,39-41,45-55H,20,27-30,32-37H2,1-10H3/b38-31-/t39-,40+,41-,45-,46+,47-,48+,49-,50+,51+,52+,53+,54-,55+,57-,58+/m0/s1. The van der Waals surface area contributed by atoms with Gasteiger partial charge in [-0.25, -0.2) is 0 Å². The van der Waals surface area contributed by atoms with Crippen molar-refractivity contribution in [2.75, 3.05) is 13.2 Å². The second kappa shape index (κ2) is 21.4. The van der Waals surface area contributed by atoms with Crippen LogP contribution in [0.3, 0.4) is 0 Å². The minimum Gasteiger partial charge on any atom is -0.411 e. The van der Waals surface area contributed by atoms with E-state index in [9.17, 15) is 0 Å². The van der Waals surface area contributed by atoms with Crippen LogP contribution in [0.15, 0.2) is 103 Å². The second-order valence-electron chi connectivity index (χ2n) is 23.0. The molecule has 0 amide bonds. The Morgan fingerprint density at radius 1 is 0.710 bits per heavy atom. The number of fused-ring (bicyclic) bond motifs is 4. The first-order valence-electron chi connectivity index (χ1n) is 26.3. The van der Waals surface area contributed by atoms with E-state index in [1.54, 1.807) is 0 Å². The van der Waals surface area contributed by atoms with Gasteiger partial charge in [-0.05, 0) is 73.9 Å². The van der Waals surface area contributed by atoms with E-state index in [-0.39, 0.29) is 89.9 Å². The van der Waals surface area contributed by atoms with Gasteiger partial charge in [0.1, 0.15) is 17.8 Å². The second-order valence-corrected chi connectivity index (χ2v) is 27.8. The van der Waals surface area contributed by atoms with Crippen molar-refractivity contribution in [3.05, 3.63) is 119 Å². The zero-order valence-electron chi connectivity index (χ0n) is 43.2. The van der Waals surface area contributed by atoms with Gasteiger partial charge in [0.2, 0.25) is 0 Å². The van der Waals surface area contributed by atoms with E-state index in [4.69, 9.17) is 47.1 Å². The van der Waals surface area contributed by atoms with Gasteiger partial charge in [-0.2, -0.15) is 0 Å². The average Bonchev–Trinajstić information content (AvgIpc) is 3.77. The van der Waals surface area contributed by atoms with Crippen LogP contribution < -0.4 is 0 Å². The Morgan fingerprint density at radius 3 is 2.00 bits per heavy atom. The quantitative estimate of drug-likeness (QED) is 0.0883. The molecule has 9 rings (SSSR count). The summed E-state index contributed by atoms with van der Waals surface area (Å²) in [6, 6.07) is 31.1. The highest BCUT2D eigenvalue weighted by atomic mass is 28.4. The van der Waals surface area contributed by atoms with Crippen LogP contribution in [0.25, 0.3) is 0 Å². The molecule has 5 fully saturated rings. The molecular weight excluding hydrogens is 885 g/mol. The Labute approximate surface area is 414 Å². The van der Waals surface area contributed by atoms with Crippen LogP contribution >= 0.6 is 0 Å². The summed E-state index contributed by atoms with van der Waals surface area (Å²) in [6.45, 7) is 25.6. The molecular formula is C58H82O10Si. The molecule has 11 heteroatoms. The van der Waals surface area contributed by atoms with Crippen molar-refractivity contribution in [1.82, 2.24) is 0 Å². The molecule has 0 bridgehead atoms. The first-order valence-corrected chi connectivity index (χ1v) is 29.2. The molecule has 16 atom stereocenters. The summed E-state index contributed by atoms with van der Waals surface area (Å²) < 4.78 is 71.5. The van der Waals surface area contributed by atoms with Crippen molar-refractivity contribution in [2.24, 2.45) is 17.8 Å². The third kappa shape index (κ3) is 11.1. The van der Waals surface area contributed by atoms with Gasteiger partial charge in [-0.1, -0.05) is 144 Å². The summed E-state index contributed by atoms with van der Waals surface area (Å²) >= 11 is 0. The normalized spacial score (nSPS) is 38.3. The van der Waals surface area contributed by atoms with Crippen LogP contribution in [0.5, 0.6) is 0 Å². The van der Waals surface area contributed by atoms with E-state index < -0.39 is 19.7 Å². The summed E-state index contributed by atoms with van der Waals surface area (Å²) in [7, 11) is -2.27. The molecule has 6 heterocycles. The number of benzene rings is 3. The lowest BCUT2D eigenvalue weighted by molar-refractivity contribution is -0.338. The fraction of sp³-hybridized carbons (Fsp3) is 0.655. The average molecular weight is 967 g/mol. The highest BCUT2D eigenvalue weighted by Crippen LogP contribution is 2.52. The predicted octanol–water partition coefficient (Wildman–Crippen LogP) is 11.5. The maximum absolute atomic E-state index is 7.52. The molecule has 0 radical (unpaired) electrons. The zero-order valence-corrected chi connectivity index (χ0v) is 44.2. The molecule has 10 nitrogen and oxygen atoms in total. The first kappa shape index (κ1) is 51.1. The molecule has 0 aliphatic carbocycles. The molecule has 6 aliphatic heterocycles. The maximum atomic E-state index is 7.52. The summed E-state index contributed by atoms with van der Waals surface area (Å²) in [6.07, 6.45) is 3.90. The lowest BCUT2D eigenvalue weighted by Crippen LogP contribution is -2.64.